The van der Waals surface area contributed by atoms with E-state index in [-0.39, 0.29) is 23.9 Å². The van der Waals surface area contributed by atoms with Crippen LogP contribution in [0.25, 0.3) is 4.96 Å². The molecule has 0 unspecified atom stereocenters. The Labute approximate surface area is 233 Å². The number of hydrogen-bond acceptors (Lipinski definition) is 9. The van der Waals surface area contributed by atoms with Crippen LogP contribution in [0.2, 0.25) is 5.02 Å². The molecule has 4 atom stereocenters. The Hall–Kier alpha value is -3.12. The Morgan fingerprint density at radius 2 is 1.85 bits per heavy atom. The summed E-state index contributed by atoms with van der Waals surface area (Å²) < 4.78 is 31.1. The maximum atomic E-state index is 13.8. The van der Waals surface area contributed by atoms with E-state index in [4.69, 9.17) is 35.3 Å². The van der Waals surface area contributed by atoms with Gasteiger partial charge >= 0.3 is 0 Å². The zero-order chi connectivity index (χ0) is 27.3. The number of fused-ring (bicyclic) bond motifs is 2. The molecule has 0 radical (unpaired) electrons. The van der Waals surface area contributed by atoms with Gasteiger partial charge in [-0.05, 0) is 55.8 Å². The largest absolute Gasteiger partial charge is 0.497 e. The number of carbonyl (C=O) groups excluding carboxylic acids is 2. The zero-order valence-corrected chi connectivity index (χ0v) is 22.9. The Morgan fingerprint density at radius 3 is 2.56 bits per heavy atom. The van der Waals surface area contributed by atoms with Crippen molar-refractivity contribution in [3.8, 4) is 5.75 Å². The molecule has 202 valence electrons. The Balaban J connectivity index is 1.26. The fraction of sp³-hybridized carbons (Fsp3) is 0.321. The predicted octanol–water partition coefficient (Wildman–Crippen LogP) is 4.93. The first-order valence-electron chi connectivity index (χ1n) is 12.3. The van der Waals surface area contributed by atoms with Crippen molar-refractivity contribution in [2.45, 2.75) is 50.8 Å². The van der Waals surface area contributed by atoms with Gasteiger partial charge in [0.1, 0.15) is 23.7 Å². The quantitative estimate of drug-likeness (QED) is 0.276. The summed E-state index contributed by atoms with van der Waals surface area (Å²) in [4.78, 5) is 32.2. The smallest absolute Gasteiger partial charge is 0.212 e. The number of benzene rings is 2. The maximum Gasteiger partial charge on any atom is 0.212 e. The minimum atomic E-state index is -0.996. The van der Waals surface area contributed by atoms with Crippen molar-refractivity contribution < 1.29 is 33.3 Å². The summed E-state index contributed by atoms with van der Waals surface area (Å²) in [5.41, 5.74) is 1.67. The van der Waals surface area contributed by atoms with Gasteiger partial charge in [0.15, 0.2) is 23.1 Å². The molecule has 0 amide bonds. The topological polar surface area (TPSA) is 97.6 Å². The predicted molar refractivity (Wildman–Crippen MR) is 143 cm³/mol. The zero-order valence-electron chi connectivity index (χ0n) is 21.3. The number of thiazole rings is 1. The molecule has 2 fully saturated rings. The molecule has 9 nitrogen and oxygen atoms in total. The van der Waals surface area contributed by atoms with Crippen LogP contribution in [0.15, 0.2) is 60.9 Å². The van der Waals surface area contributed by atoms with Gasteiger partial charge in [-0.1, -0.05) is 35.1 Å². The van der Waals surface area contributed by atoms with Gasteiger partial charge in [-0.15, -0.1) is 0 Å². The highest BCUT2D eigenvalue weighted by Gasteiger charge is 2.57. The van der Waals surface area contributed by atoms with Gasteiger partial charge in [0.05, 0.1) is 24.8 Å². The van der Waals surface area contributed by atoms with Crippen LogP contribution in [0.4, 0.5) is 0 Å². The summed E-state index contributed by atoms with van der Waals surface area (Å²) in [7, 11) is 1.61. The molecular formula is C28H25ClN2O7S. The SMILES string of the molecule is COc1ccc(CO[C@@H]2[C@H]3OC(C)(C)O[C@H]3O[C@@H]2C(=O)c2cnc3sc(C(=O)c4ccc(Cl)cc4)cn23)cc1. The molecular weight excluding hydrogens is 544 g/mol. The molecule has 0 bridgehead atoms. The first-order chi connectivity index (χ1) is 18.7. The van der Waals surface area contributed by atoms with E-state index in [0.29, 0.717) is 20.4 Å². The van der Waals surface area contributed by atoms with E-state index in [1.54, 1.807) is 55.8 Å². The van der Waals surface area contributed by atoms with E-state index < -0.39 is 30.4 Å². The third kappa shape index (κ3) is 5.00. The van der Waals surface area contributed by atoms with E-state index in [1.165, 1.54) is 17.5 Å². The molecule has 0 saturated carbocycles. The summed E-state index contributed by atoms with van der Waals surface area (Å²) in [6, 6.07) is 14.1. The molecule has 4 heterocycles. The number of ether oxygens (including phenoxy) is 5. The van der Waals surface area contributed by atoms with Crippen LogP contribution in [-0.2, 0) is 25.6 Å². The average Bonchev–Trinajstić information content (AvgIpc) is 3.66. The van der Waals surface area contributed by atoms with Gasteiger partial charge in [-0.2, -0.15) is 0 Å². The molecule has 39 heavy (non-hydrogen) atoms. The monoisotopic (exact) mass is 568 g/mol. The number of methoxy groups -OCH3 is 1. The summed E-state index contributed by atoms with van der Waals surface area (Å²) >= 11 is 7.15. The van der Waals surface area contributed by atoms with Crippen LogP contribution >= 0.6 is 22.9 Å². The fourth-order valence-corrected chi connectivity index (χ4v) is 5.80. The number of halogens is 1. The molecule has 2 aromatic carbocycles. The van der Waals surface area contributed by atoms with Gasteiger partial charge in [0, 0.05) is 16.8 Å². The first-order valence-corrected chi connectivity index (χ1v) is 13.5. The fourth-order valence-electron chi connectivity index (χ4n) is 4.75. The number of nitrogens with zero attached hydrogens (tertiary/aromatic N) is 2. The normalized spacial score (nSPS) is 23.7. The van der Waals surface area contributed by atoms with Crippen molar-refractivity contribution in [1.29, 1.82) is 0 Å². The number of Topliss-reactive ketones (excluding diaryl/α,β-unsaturated/α-hetero) is 1. The van der Waals surface area contributed by atoms with Crippen LogP contribution in [-0.4, -0.2) is 58.4 Å². The van der Waals surface area contributed by atoms with E-state index >= 15 is 0 Å². The minimum absolute atomic E-state index is 0.183. The van der Waals surface area contributed by atoms with Crippen molar-refractivity contribution >= 4 is 39.5 Å². The van der Waals surface area contributed by atoms with Crippen LogP contribution in [0.3, 0.4) is 0 Å². The van der Waals surface area contributed by atoms with Gasteiger partial charge in [0.25, 0.3) is 0 Å². The molecule has 0 spiro atoms. The van der Waals surface area contributed by atoms with E-state index in [2.05, 4.69) is 4.98 Å². The van der Waals surface area contributed by atoms with E-state index in [9.17, 15) is 9.59 Å². The van der Waals surface area contributed by atoms with Crippen LogP contribution in [0.1, 0.15) is 45.1 Å². The van der Waals surface area contributed by atoms with Gasteiger partial charge in [-0.3, -0.25) is 14.0 Å². The minimum Gasteiger partial charge on any atom is -0.497 e. The number of hydrogen-bond donors (Lipinski definition) is 0. The number of aromatic nitrogens is 2. The highest BCUT2D eigenvalue weighted by Crippen LogP contribution is 2.40. The summed E-state index contributed by atoms with van der Waals surface area (Å²) in [5.74, 6) is -0.666. The van der Waals surface area contributed by atoms with Gasteiger partial charge in [0.2, 0.25) is 11.6 Å². The highest BCUT2D eigenvalue weighted by atomic mass is 35.5. The van der Waals surface area contributed by atoms with E-state index in [0.717, 1.165) is 11.3 Å². The van der Waals surface area contributed by atoms with Crippen molar-refractivity contribution in [2.75, 3.05) is 7.11 Å². The Morgan fingerprint density at radius 1 is 1.10 bits per heavy atom. The second kappa shape index (κ2) is 10.1. The van der Waals surface area contributed by atoms with E-state index in [1.807, 2.05) is 24.3 Å². The molecule has 2 saturated heterocycles. The lowest BCUT2D eigenvalue weighted by Gasteiger charge is -2.25. The lowest BCUT2D eigenvalue weighted by Crippen LogP contribution is -2.41. The number of ketones is 2. The molecule has 0 aliphatic carbocycles. The highest BCUT2D eigenvalue weighted by molar-refractivity contribution is 7.19. The number of rotatable bonds is 8. The molecule has 4 aromatic rings. The molecule has 2 aliphatic rings. The van der Waals surface area contributed by atoms with Crippen molar-refractivity contribution in [3.63, 3.8) is 0 Å². The molecule has 6 rings (SSSR count). The lowest BCUT2D eigenvalue weighted by atomic mass is 10.0. The van der Waals surface area contributed by atoms with Crippen LogP contribution < -0.4 is 4.74 Å². The van der Waals surface area contributed by atoms with Gasteiger partial charge in [-0.25, -0.2) is 4.98 Å². The Kier molecular flexibility index (Phi) is 6.78. The van der Waals surface area contributed by atoms with Gasteiger partial charge < -0.3 is 23.7 Å². The second-order valence-electron chi connectivity index (χ2n) is 9.74. The number of imidazole rings is 1. The first kappa shape index (κ1) is 26.1. The third-order valence-corrected chi connectivity index (χ3v) is 7.89. The van der Waals surface area contributed by atoms with Crippen molar-refractivity contribution in [2.24, 2.45) is 0 Å². The average molecular weight is 569 g/mol. The molecule has 2 aromatic heterocycles. The lowest BCUT2D eigenvalue weighted by molar-refractivity contribution is -0.212. The molecule has 0 N–H and O–H groups in total. The summed E-state index contributed by atoms with van der Waals surface area (Å²) in [6.45, 7) is 3.81. The van der Waals surface area contributed by atoms with Crippen LogP contribution in [0.5, 0.6) is 5.75 Å². The van der Waals surface area contributed by atoms with Crippen LogP contribution in [0, 0.1) is 0 Å². The van der Waals surface area contributed by atoms with Crippen molar-refractivity contribution in [3.05, 3.63) is 87.6 Å². The molecule has 2 aliphatic heterocycles. The third-order valence-electron chi connectivity index (χ3n) is 6.64. The summed E-state index contributed by atoms with van der Waals surface area (Å²) in [5, 5.41) is 0.543. The molecule has 11 heteroatoms. The maximum absolute atomic E-state index is 13.8. The second-order valence-corrected chi connectivity index (χ2v) is 11.2. The number of carbonyl (C=O) groups is 2. The summed E-state index contributed by atoms with van der Waals surface area (Å²) in [6.07, 6.45) is 0.0168. The Bertz CT molecular complexity index is 1530. The standard InChI is InChI=1S/C28H25ClN2O7S/c1-28(2)37-25-24(35-14-15-4-10-18(34-3)11-5-15)23(36-26(25)38-28)22(33)19-12-30-27-31(19)13-20(39-27)21(32)16-6-8-17(29)9-7-16/h4-13,23-26H,14H2,1-3H3/t23-,24+,25-,26-/m1/s1. The van der Waals surface area contributed by atoms with Crippen molar-refractivity contribution in [1.82, 2.24) is 9.38 Å².